The predicted octanol–water partition coefficient (Wildman–Crippen LogP) is 1.50. The van der Waals surface area contributed by atoms with Crippen molar-refractivity contribution in [1.29, 1.82) is 0 Å². The zero-order valence-electron chi connectivity index (χ0n) is 10.7. The quantitative estimate of drug-likeness (QED) is 0.542. The van der Waals surface area contributed by atoms with E-state index >= 15 is 0 Å². The Morgan fingerprint density at radius 2 is 1.65 bits per heavy atom. The maximum atomic E-state index is 11.4. The number of carboxylic acids is 1. The van der Waals surface area contributed by atoms with Gasteiger partial charge in [0.15, 0.2) is 0 Å². The Labute approximate surface area is 101 Å². The lowest BCUT2D eigenvalue weighted by Crippen LogP contribution is -2.25. The molecule has 0 aliphatic heterocycles. The molecule has 5 nitrogen and oxygen atoms in total. The Hall–Kier alpha value is -1.39. The second-order valence-electron chi connectivity index (χ2n) is 4.52. The second-order valence-corrected chi connectivity index (χ2v) is 4.52. The van der Waals surface area contributed by atoms with Gasteiger partial charge in [-0.25, -0.2) is 4.79 Å². The van der Waals surface area contributed by atoms with Crippen LogP contribution in [0.25, 0.3) is 0 Å². The van der Waals surface area contributed by atoms with Crippen molar-refractivity contribution in [2.75, 3.05) is 7.11 Å². The van der Waals surface area contributed by atoms with E-state index in [9.17, 15) is 14.4 Å². The summed E-state index contributed by atoms with van der Waals surface area (Å²) in [5.41, 5.74) is 0. The molecule has 0 aromatic carbocycles. The van der Waals surface area contributed by atoms with Gasteiger partial charge in [-0.05, 0) is 18.8 Å². The molecule has 2 atom stereocenters. The van der Waals surface area contributed by atoms with Crippen molar-refractivity contribution in [3.05, 3.63) is 0 Å². The number of methoxy groups -OCH3 is 1. The number of hydrogen-bond acceptors (Lipinski definition) is 4. The van der Waals surface area contributed by atoms with E-state index in [1.54, 1.807) is 6.92 Å². The average molecular weight is 244 g/mol. The van der Waals surface area contributed by atoms with Crippen LogP contribution in [0.2, 0.25) is 0 Å². The summed E-state index contributed by atoms with van der Waals surface area (Å²) in [7, 11) is 1.15. The van der Waals surface area contributed by atoms with E-state index in [0.29, 0.717) is 12.8 Å². The number of hydrogen-bond donors (Lipinski definition) is 1. The van der Waals surface area contributed by atoms with Gasteiger partial charge in [0.25, 0.3) is 0 Å². The third-order valence-electron chi connectivity index (χ3n) is 2.87. The summed E-state index contributed by atoms with van der Waals surface area (Å²) in [6.45, 7) is 5.26. The average Bonchev–Trinajstić information content (AvgIpc) is 2.25. The molecular weight excluding hydrogens is 224 g/mol. The van der Waals surface area contributed by atoms with Gasteiger partial charge in [0.1, 0.15) is 0 Å². The van der Waals surface area contributed by atoms with Crippen LogP contribution < -0.4 is 0 Å². The summed E-state index contributed by atoms with van der Waals surface area (Å²) >= 11 is 0. The molecule has 0 radical (unpaired) electrons. The number of ketones is 1. The molecule has 98 valence electrons. The fraction of sp³-hybridized carbons (Fsp3) is 0.750. The first-order valence-electron chi connectivity index (χ1n) is 5.66. The van der Waals surface area contributed by atoms with E-state index in [4.69, 9.17) is 5.11 Å². The Kier molecular flexibility index (Phi) is 6.46. The molecule has 0 spiro atoms. The van der Waals surface area contributed by atoms with Gasteiger partial charge in [0.05, 0.1) is 13.0 Å². The molecule has 0 bridgehead atoms. The van der Waals surface area contributed by atoms with Crippen molar-refractivity contribution in [2.45, 2.75) is 33.6 Å². The summed E-state index contributed by atoms with van der Waals surface area (Å²) < 4.78 is 4.33. The maximum Gasteiger partial charge on any atom is 0.374 e. The van der Waals surface area contributed by atoms with E-state index in [2.05, 4.69) is 4.74 Å². The Morgan fingerprint density at radius 1 is 1.12 bits per heavy atom. The highest BCUT2D eigenvalue weighted by molar-refractivity contribution is 6.34. The molecule has 0 fully saturated rings. The molecule has 5 heteroatoms. The topological polar surface area (TPSA) is 80.7 Å². The molecule has 0 amide bonds. The summed E-state index contributed by atoms with van der Waals surface area (Å²) in [6, 6.07) is 0. The second kappa shape index (κ2) is 7.04. The molecule has 0 heterocycles. The molecule has 0 rings (SSSR count). The Balaban J connectivity index is 4.31. The van der Waals surface area contributed by atoms with Crippen molar-refractivity contribution < 1.29 is 24.2 Å². The van der Waals surface area contributed by atoms with Gasteiger partial charge in [-0.1, -0.05) is 20.8 Å². The van der Waals surface area contributed by atoms with E-state index in [1.165, 1.54) is 0 Å². The van der Waals surface area contributed by atoms with Crippen LogP contribution in [0, 0.1) is 17.8 Å². The van der Waals surface area contributed by atoms with Gasteiger partial charge < -0.3 is 9.84 Å². The molecular formula is C12H20O5. The van der Waals surface area contributed by atoms with Gasteiger partial charge in [0.2, 0.25) is 5.78 Å². The van der Waals surface area contributed by atoms with E-state index in [-0.39, 0.29) is 5.92 Å². The van der Waals surface area contributed by atoms with Crippen LogP contribution in [0.4, 0.5) is 0 Å². The van der Waals surface area contributed by atoms with Crippen molar-refractivity contribution in [3.63, 3.8) is 0 Å². The normalized spacial score (nSPS) is 14.2. The van der Waals surface area contributed by atoms with E-state index < -0.39 is 29.6 Å². The molecule has 0 aliphatic carbocycles. The maximum absolute atomic E-state index is 11.4. The molecule has 0 aliphatic rings. The van der Waals surface area contributed by atoms with Gasteiger partial charge in [-0.3, -0.25) is 9.59 Å². The number of ether oxygens (including phenoxy) is 1. The zero-order chi connectivity index (χ0) is 13.6. The third kappa shape index (κ3) is 4.97. The SMILES string of the molecule is COC(=O)C(=O)[C@H](C)CC[C@@H](C(=O)O)C(C)C. The molecule has 0 saturated carbocycles. The van der Waals surface area contributed by atoms with Crippen LogP contribution in [0.1, 0.15) is 33.6 Å². The van der Waals surface area contributed by atoms with E-state index in [1.807, 2.05) is 13.8 Å². The molecule has 0 unspecified atom stereocenters. The molecule has 17 heavy (non-hydrogen) atoms. The highest BCUT2D eigenvalue weighted by Crippen LogP contribution is 2.21. The van der Waals surface area contributed by atoms with Crippen molar-refractivity contribution in [2.24, 2.45) is 17.8 Å². The van der Waals surface area contributed by atoms with Crippen LogP contribution in [0.3, 0.4) is 0 Å². The van der Waals surface area contributed by atoms with E-state index in [0.717, 1.165) is 7.11 Å². The van der Waals surface area contributed by atoms with Crippen LogP contribution in [-0.4, -0.2) is 29.9 Å². The molecule has 0 saturated heterocycles. The van der Waals surface area contributed by atoms with Crippen LogP contribution in [0.15, 0.2) is 0 Å². The first kappa shape index (κ1) is 15.6. The Morgan fingerprint density at radius 3 is 2.00 bits per heavy atom. The smallest absolute Gasteiger partial charge is 0.374 e. The minimum absolute atomic E-state index is 0.00734. The highest BCUT2D eigenvalue weighted by Gasteiger charge is 2.26. The van der Waals surface area contributed by atoms with Gasteiger partial charge in [-0.15, -0.1) is 0 Å². The number of carbonyl (C=O) groups excluding carboxylic acids is 2. The molecule has 1 N–H and O–H groups in total. The van der Waals surface area contributed by atoms with Crippen molar-refractivity contribution in [1.82, 2.24) is 0 Å². The monoisotopic (exact) mass is 244 g/mol. The number of aliphatic carboxylic acids is 1. The third-order valence-corrected chi connectivity index (χ3v) is 2.87. The zero-order valence-corrected chi connectivity index (χ0v) is 10.7. The standard InChI is InChI=1S/C12H20O5/c1-7(2)9(11(14)15)6-5-8(3)10(13)12(16)17-4/h7-9H,5-6H2,1-4H3,(H,14,15)/t8-,9-/m1/s1. The fourth-order valence-corrected chi connectivity index (χ4v) is 1.60. The van der Waals surface area contributed by atoms with Crippen molar-refractivity contribution >= 4 is 17.7 Å². The highest BCUT2D eigenvalue weighted by atomic mass is 16.5. The number of rotatable bonds is 7. The van der Waals surface area contributed by atoms with Crippen LogP contribution in [-0.2, 0) is 19.1 Å². The first-order chi connectivity index (χ1) is 7.81. The number of carbonyl (C=O) groups is 3. The fourth-order valence-electron chi connectivity index (χ4n) is 1.60. The summed E-state index contributed by atoms with van der Waals surface area (Å²) in [5.74, 6) is -3.30. The number of Topliss-reactive ketones (excluding diaryl/α,β-unsaturated/α-hetero) is 1. The van der Waals surface area contributed by atoms with Crippen LogP contribution >= 0.6 is 0 Å². The van der Waals surface area contributed by atoms with Gasteiger partial charge in [-0.2, -0.15) is 0 Å². The largest absolute Gasteiger partial charge is 0.481 e. The summed E-state index contributed by atoms with van der Waals surface area (Å²) in [4.78, 5) is 33.3. The summed E-state index contributed by atoms with van der Waals surface area (Å²) in [5, 5.41) is 8.97. The van der Waals surface area contributed by atoms with Crippen LogP contribution in [0.5, 0.6) is 0 Å². The van der Waals surface area contributed by atoms with Crippen molar-refractivity contribution in [3.8, 4) is 0 Å². The lowest BCUT2D eigenvalue weighted by Gasteiger charge is -2.17. The lowest BCUT2D eigenvalue weighted by molar-refractivity contribution is -0.153. The Bertz CT molecular complexity index is 295. The lowest BCUT2D eigenvalue weighted by atomic mass is 9.87. The minimum Gasteiger partial charge on any atom is -0.481 e. The molecule has 0 aromatic heterocycles. The minimum atomic E-state index is -0.867. The van der Waals surface area contributed by atoms with Gasteiger partial charge in [0, 0.05) is 5.92 Å². The predicted molar refractivity (Wildman–Crippen MR) is 61.4 cm³/mol. The number of carboxylic acid groups (broad SMARTS) is 1. The number of esters is 1. The first-order valence-corrected chi connectivity index (χ1v) is 5.66. The summed E-state index contributed by atoms with van der Waals surface area (Å²) in [6.07, 6.45) is 0.764. The van der Waals surface area contributed by atoms with Gasteiger partial charge >= 0.3 is 11.9 Å². The molecule has 0 aromatic rings.